The van der Waals surface area contributed by atoms with Gasteiger partial charge in [-0.2, -0.15) is 0 Å². The van der Waals surface area contributed by atoms with Crippen LogP contribution in [0.25, 0.3) is 0 Å². The summed E-state index contributed by atoms with van der Waals surface area (Å²) in [4.78, 5) is 35.5. The van der Waals surface area contributed by atoms with Gasteiger partial charge in [-0.05, 0) is 64.0 Å². The van der Waals surface area contributed by atoms with Crippen molar-refractivity contribution in [2.24, 2.45) is 0 Å². The molecule has 1 aliphatic heterocycles. The fourth-order valence-corrected chi connectivity index (χ4v) is 4.61. The summed E-state index contributed by atoms with van der Waals surface area (Å²) in [5, 5.41) is 37.9. The van der Waals surface area contributed by atoms with Crippen LogP contribution in [0.3, 0.4) is 0 Å². The summed E-state index contributed by atoms with van der Waals surface area (Å²) >= 11 is 0. The van der Waals surface area contributed by atoms with E-state index in [-0.39, 0.29) is 0 Å². The number of hydrogen-bond acceptors (Lipinski definition) is 9. The number of hydrogen-bond donors (Lipinski definition) is 4. The number of aryl methyl sites for hydroxylation is 2. The molecular weight excluding hydrogens is 522 g/mol. The largest absolute Gasteiger partial charge is 0.496 e. The quantitative estimate of drug-likeness (QED) is 0.281. The molecule has 0 atom stereocenters. The van der Waals surface area contributed by atoms with E-state index in [0.29, 0.717) is 0 Å². The Hall–Kier alpha value is -3.48. The molecule has 4 N–H and O–H groups in total. The van der Waals surface area contributed by atoms with Crippen molar-refractivity contribution < 1.29 is 44.1 Å². The van der Waals surface area contributed by atoms with Gasteiger partial charge in [0, 0.05) is 31.6 Å². The van der Waals surface area contributed by atoms with Gasteiger partial charge < -0.3 is 39.5 Å². The Balaban J connectivity index is 0.000000366. The van der Waals surface area contributed by atoms with Gasteiger partial charge in [0.05, 0.1) is 25.6 Å². The third-order valence-electron chi connectivity index (χ3n) is 6.88. The number of ether oxygens (including phenoxy) is 1. The molecule has 1 aliphatic rings. The van der Waals surface area contributed by atoms with Crippen LogP contribution in [-0.2, 0) is 27.3 Å². The number of likely N-dealkylation sites (tertiary alicyclic amines) is 1. The molecule has 2 aromatic rings. The van der Waals surface area contributed by atoms with E-state index in [0.717, 1.165) is 42.3 Å². The molecule has 0 bridgehead atoms. The molecule has 2 heterocycles. The summed E-state index contributed by atoms with van der Waals surface area (Å²) < 4.78 is 10.9. The average molecular weight is 564 g/mol. The maximum Gasteiger partial charge on any atom is 0.336 e. The molecule has 3 rings (SSSR count). The van der Waals surface area contributed by atoms with Gasteiger partial charge in [-0.3, -0.25) is 9.59 Å². The van der Waals surface area contributed by atoms with Crippen molar-refractivity contribution in [3.05, 3.63) is 46.3 Å². The van der Waals surface area contributed by atoms with E-state index in [1.54, 1.807) is 7.11 Å². The van der Waals surface area contributed by atoms with Crippen LogP contribution in [0.4, 0.5) is 0 Å². The fourth-order valence-electron chi connectivity index (χ4n) is 4.61. The molecular formula is C28H41N3O9. The third-order valence-corrected chi connectivity index (χ3v) is 6.88. The Morgan fingerprint density at radius 3 is 2.20 bits per heavy atom. The fraction of sp³-hybridized carbons (Fsp3) is 0.571. The molecule has 0 radical (unpaired) electrons. The second-order valence-electron chi connectivity index (χ2n) is 10.2. The number of likely N-dealkylation sites (N-methyl/N-ethyl adjacent to an activating group) is 1. The summed E-state index contributed by atoms with van der Waals surface area (Å²) in [5.41, 5.74) is 1.88. The number of rotatable bonds is 13. The van der Waals surface area contributed by atoms with E-state index in [1.165, 1.54) is 50.0 Å². The zero-order chi connectivity index (χ0) is 29.9. The second kappa shape index (κ2) is 15.3. The summed E-state index contributed by atoms with van der Waals surface area (Å²) in [6, 6.07) is 6.52. The van der Waals surface area contributed by atoms with E-state index in [4.69, 9.17) is 29.7 Å². The second-order valence-corrected chi connectivity index (χ2v) is 10.2. The number of aliphatic hydroxyl groups is 1. The minimum absolute atomic E-state index is 0.787. The maximum atomic E-state index is 10.3. The van der Waals surface area contributed by atoms with Gasteiger partial charge in [-0.1, -0.05) is 23.7 Å². The number of aromatic nitrogens is 1. The SMILES string of the molecule is COc1ccc(CN(C)CCN2CCCCC2)cc1Cc1c(C)noc1C.O=C(O)CC(O)(CC(=O)O)C(=O)O. The van der Waals surface area contributed by atoms with Crippen LogP contribution in [-0.4, -0.2) is 99.2 Å². The van der Waals surface area contributed by atoms with Crippen molar-refractivity contribution in [2.45, 2.75) is 64.5 Å². The van der Waals surface area contributed by atoms with Gasteiger partial charge in [-0.15, -0.1) is 0 Å². The van der Waals surface area contributed by atoms with Crippen molar-refractivity contribution in [3.63, 3.8) is 0 Å². The Morgan fingerprint density at radius 2 is 1.70 bits per heavy atom. The lowest BCUT2D eigenvalue weighted by molar-refractivity contribution is -0.170. The van der Waals surface area contributed by atoms with Gasteiger partial charge in [0.25, 0.3) is 0 Å². The first-order chi connectivity index (χ1) is 18.8. The Kier molecular flexibility index (Phi) is 12.6. The molecule has 12 nitrogen and oxygen atoms in total. The van der Waals surface area contributed by atoms with E-state index >= 15 is 0 Å². The van der Waals surface area contributed by atoms with Gasteiger partial charge >= 0.3 is 17.9 Å². The highest BCUT2D eigenvalue weighted by molar-refractivity contribution is 5.88. The highest BCUT2D eigenvalue weighted by Crippen LogP contribution is 2.26. The van der Waals surface area contributed by atoms with Crippen molar-refractivity contribution in [1.29, 1.82) is 0 Å². The van der Waals surface area contributed by atoms with Crippen molar-refractivity contribution in [2.75, 3.05) is 40.3 Å². The molecule has 0 amide bonds. The lowest BCUT2D eigenvalue weighted by Gasteiger charge is -2.28. The third kappa shape index (κ3) is 10.2. The van der Waals surface area contributed by atoms with E-state index in [1.807, 2.05) is 13.8 Å². The number of nitrogens with zero attached hydrogens (tertiary/aromatic N) is 3. The molecule has 1 fully saturated rings. The number of benzene rings is 1. The molecule has 1 aromatic heterocycles. The van der Waals surface area contributed by atoms with Crippen LogP contribution in [0.2, 0.25) is 0 Å². The zero-order valence-electron chi connectivity index (χ0n) is 23.7. The van der Waals surface area contributed by atoms with E-state index in [9.17, 15) is 14.4 Å². The van der Waals surface area contributed by atoms with Crippen LogP contribution in [0.1, 0.15) is 60.2 Å². The Morgan fingerprint density at radius 1 is 1.07 bits per heavy atom. The number of carboxylic acid groups (broad SMARTS) is 3. The molecule has 0 saturated carbocycles. The number of piperidine rings is 1. The topological polar surface area (TPSA) is 174 Å². The normalized spacial score (nSPS) is 13.9. The average Bonchev–Trinajstić information content (AvgIpc) is 3.20. The van der Waals surface area contributed by atoms with E-state index < -0.39 is 36.4 Å². The first kappa shape index (κ1) is 32.7. The molecule has 12 heteroatoms. The molecule has 1 saturated heterocycles. The van der Waals surface area contributed by atoms with Gasteiger partial charge in [0.1, 0.15) is 11.5 Å². The molecule has 0 unspecified atom stereocenters. The summed E-state index contributed by atoms with van der Waals surface area (Å²) in [6.07, 6.45) is 2.60. The Labute approximate surface area is 234 Å². The predicted molar refractivity (Wildman–Crippen MR) is 145 cm³/mol. The van der Waals surface area contributed by atoms with Crippen LogP contribution < -0.4 is 4.74 Å². The number of carboxylic acids is 3. The van der Waals surface area contributed by atoms with Crippen LogP contribution in [0, 0.1) is 13.8 Å². The van der Waals surface area contributed by atoms with Gasteiger partial charge in [0.2, 0.25) is 0 Å². The predicted octanol–water partition coefficient (Wildman–Crippen LogP) is 2.56. The minimum Gasteiger partial charge on any atom is -0.496 e. The van der Waals surface area contributed by atoms with Gasteiger partial charge in [0.15, 0.2) is 5.60 Å². The number of carbonyl (C=O) groups is 3. The highest BCUT2D eigenvalue weighted by Gasteiger charge is 2.40. The highest BCUT2D eigenvalue weighted by atomic mass is 16.5. The van der Waals surface area contributed by atoms with Crippen molar-refractivity contribution in [3.8, 4) is 5.75 Å². The number of methoxy groups -OCH3 is 1. The van der Waals surface area contributed by atoms with E-state index in [2.05, 4.69) is 40.2 Å². The monoisotopic (exact) mass is 563 g/mol. The summed E-state index contributed by atoms with van der Waals surface area (Å²) in [6.45, 7) is 9.71. The minimum atomic E-state index is -2.74. The first-order valence-corrected chi connectivity index (χ1v) is 13.2. The summed E-state index contributed by atoms with van der Waals surface area (Å²) in [5.74, 6) is -3.21. The molecule has 0 spiro atoms. The lowest BCUT2D eigenvalue weighted by Crippen LogP contribution is -2.42. The molecule has 40 heavy (non-hydrogen) atoms. The smallest absolute Gasteiger partial charge is 0.336 e. The molecule has 1 aromatic carbocycles. The molecule has 0 aliphatic carbocycles. The molecule has 222 valence electrons. The van der Waals surface area contributed by atoms with Crippen LogP contribution in [0.5, 0.6) is 5.75 Å². The van der Waals surface area contributed by atoms with Crippen LogP contribution in [0.15, 0.2) is 22.7 Å². The number of aliphatic carboxylic acids is 3. The standard InChI is InChI=1S/C22H33N3O2.C6H8O7/c1-17-21(18(2)27-23-17)15-20-14-19(8-9-22(20)26-4)16-24(3)12-13-25-10-6-5-7-11-25;7-3(8)1-6(13,5(11)12)2-4(9)10/h8-9,14H,5-7,10-13,15-16H2,1-4H3;13H,1-2H2,(H,7,8)(H,9,10)(H,11,12). The van der Waals surface area contributed by atoms with Gasteiger partial charge in [-0.25, -0.2) is 4.79 Å². The summed E-state index contributed by atoms with van der Waals surface area (Å²) in [7, 11) is 3.94. The van der Waals surface area contributed by atoms with Crippen LogP contribution >= 0.6 is 0 Å². The maximum absolute atomic E-state index is 10.3. The zero-order valence-corrected chi connectivity index (χ0v) is 23.7. The van der Waals surface area contributed by atoms with Crippen molar-refractivity contribution >= 4 is 17.9 Å². The Bertz CT molecular complexity index is 1110. The van der Waals surface area contributed by atoms with Crippen molar-refractivity contribution in [1.82, 2.24) is 15.0 Å². The first-order valence-electron chi connectivity index (χ1n) is 13.2. The lowest BCUT2D eigenvalue weighted by atomic mass is 9.96.